The summed E-state index contributed by atoms with van der Waals surface area (Å²) in [6, 6.07) is 17.1. The molecular weight excluding hydrogens is 378 g/mol. The van der Waals surface area contributed by atoms with Crippen molar-refractivity contribution in [2.45, 2.75) is 19.9 Å². The Morgan fingerprint density at radius 2 is 1.79 bits per heavy atom. The monoisotopic (exact) mass is 401 g/mol. The fourth-order valence-corrected chi connectivity index (χ4v) is 3.48. The third kappa shape index (κ3) is 5.40. The molecule has 0 fully saturated rings. The standard InChI is InChI=1S/C20H23N3O4S/c1-3-26-18-11-9-17(10-12-18)20-21-19(27-22-20)15-23(28(2,24)25)14-13-16-7-5-4-6-8-16/h4-12H,3,13-15H2,1-2H3. The first kappa shape index (κ1) is 20.0. The first-order valence-corrected chi connectivity index (χ1v) is 10.9. The van der Waals surface area contributed by atoms with E-state index in [1.165, 1.54) is 10.6 Å². The van der Waals surface area contributed by atoms with Gasteiger partial charge >= 0.3 is 0 Å². The van der Waals surface area contributed by atoms with Crippen LogP contribution >= 0.6 is 0 Å². The maximum atomic E-state index is 12.2. The molecule has 2 aromatic carbocycles. The Balaban J connectivity index is 1.69. The average molecular weight is 401 g/mol. The summed E-state index contributed by atoms with van der Waals surface area (Å²) in [5.41, 5.74) is 1.84. The molecule has 0 amide bonds. The number of hydrogen-bond donors (Lipinski definition) is 0. The summed E-state index contributed by atoms with van der Waals surface area (Å²) < 4.78 is 36.3. The van der Waals surface area contributed by atoms with Gasteiger partial charge in [-0.2, -0.15) is 9.29 Å². The zero-order chi connectivity index (χ0) is 20.0. The second-order valence-corrected chi connectivity index (χ2v) is 8.28. The molecule has 0 saturated carbocycles. The van der Waals surface area contributed by atoms with Gasteiger partial charge in [0, 0.05) is 12.1 Å². The Morgan fingerprint density at radius 1 is 1.07 bits per heavy atom. The number of sulfonamides is 1. The largest absolute Gasteiger partial charge is 0.494 e. The van der Waals surface area contributed by atoms with Crippen LogP contribution in [0.2, 0.25) is 0 Å². The highest BCUT2D eigenvalue weighted by molar-refractivity contribution is 7.88. The highest BCUT2D eigenvalue weighted by Crippen LogP contribution is 2.20. The lowest BCUT2D eigenvalue weighted by Crippen LogP contribution is -2.31. The Bertz CT molecular complexity index is 986. The molecule has 8 heteroatoms. The lowest BCUT2D eigenvalue weighted by molar-refractivity contribution is 0.318. The molecular formula is C20H23N3O4S. The molecule has 0 saturated heterocycles. The summed E-state index contributed by atoms with van der Waals surface area (Å²) in [6.45, 7) is 2.89. The van der Waals surface area contributed by atoms with Gasteiger partial charge in [0.05, 0.1) is 19.4 Å². The van der Waals surface area contributed by atoms with E-state index in [9.17, 15) is 8.42 Å². The average Bonchev–Trinajstić information content (AvgIpc) is 3.14. The lowest BCUT2D eigenvalue weighted by Gasteiger charge is -2.17. The molecule has 1 aromatic heterocycles. The maximum absolute atomic E-state index is 12.2. The van der Waals surface area contributed by atoms with Crippen molar-refractivity contribution in [3.05, 3.63) is 66.1 Å². The molecule has 28 heavy (non-hydrogen) atoms. The molecule has 1 heterocycles. The van der Waals surface area contributed by atoms with Gasteiger partial charge in [-0.05, 0) is 43.2 Å². The van der Waals surface area contributed by atoms with Crippen LogP contribution in [0.25, 0.3) is 11.4 Å². The SMILES string of the molecule is CCOc1ccc(-c2noc(CN(CCc3ccccc3)S(C)(=O)=O)n2)cc1. The Hall–Kier alpha value is -2.71. The predicted octanol–water partition coefficient (Wildman–Crippen LogP) is 3.14. The van der Waals surface area contributed by atoms with Crippen molar-refractivity contribution in [2.24, 2.45) is 0 Å². The first-order chi connectivity index (χ1) is 13.5. The summed E-state index contributed by atoms with van der Waals surface area (Å²) >= 11 is 0. The molecule has 0 aliphatic rings. The zero-order valence-electron chi connectivity index (χ0n) is 15.9. The van der Waals surface area contributed by atoms with Crippen LogP contribution in [-0.4, -0.2) is 42.3 Å². The van der Waals surface area contributed by atoms with Gasteiger partial charge in [0.1, 0.15) is 5.75 Å². The predicted molar refractivity (Wildman–Crippen MR) is 106 cm³/mol. The third-order valence-electron chi connectivity index (χ3n) is 4.16. The van der Waals surface area contributed by atoms with Crippen molar-refractivity contribution < 1.29 is 17.7 Å². The minimum Gasteiger partial charge on any atom is -0.494 e. The van der Waals surface area contributed by atoms with Gasteiger partial charge in [0.15, 0.2) is 0 Å². The summed E-state index contributed by atoms with van der Waals surface area (Å²) in [7, 11) is -3.41. The second kappa shape index (κ2) is 8.99. The van der Waals surface area contributed by atoms with Crippen LogP contribution < -0.4 is 4.74 Å². The van der Waals surface area contributed by atoms with E-state index in [1.807, 2.05) is 61.5 Å². The number of rotatable bonds is 9. The molecule has 3 rings (SSSR count). The molecule has 0 aliphatic heterocycles. The van der Waals surface area contributed by atoms with Crippen molar-refractivity contribution in [3.8, 4) is 17.1 Å². The van der Waals surface area contributed by atoms with Crippen molar-refractivity contribution in [1.29, 1.82) is 0 Å². The molecule has 0 unspecified atom stereocenters. The number of ether oxygens (including phenoxy) is 1. The Morgan fingerprint density at radius 3 is 2.43 bits per heavy atom. The van der Waals surface area contributed by atoms with Crippen LogP contribution in [0.15, 0.2) is 59.1 Å². The molecule has 0 radical (unpaired) electrons. The van der Waals surface area contributed by atoms with Gasteiger partial charge < -0.3 is 9.26 Å². The molecule has 0 atom stereocenters. The normalized spacial score (nSPS) is 11.7. The molecule has 7 nitrogen and oxygen atoms in total. The summed E-state index contributed by atoms with van der Waals surface area (Å²) in [4.78, 5) is 4.34. The van der Waals surface area contributed by atoms with Crippen molar-refractivity contribution >= 4 is 10.0 Å². The van der Waals surface area contributed by atoms with Gasteiger partial charge in [-0.15, -0.1) is 0 Å². The fourth-order valence-electron chi connectivity index (χ4n) is 2.71. The summed E-state index contributed by atoms with van der Waals surface area (Å²) in [5, 5.41) is 3.97. The minimum atomic E-state index is -3.41. The highest BCUT2D eigenvalue weighted by atomic mass is 32.2. The minimum absolute atomic E-state index is 0.0374. The van der Waals surface area contributed by atoms with Gasteiger partial charge in [-0.3, -0.25) is 0 Å². The second-order valence-electron chi connectivity index (χ2n) is 6.30. The number of nitrogens with zero attached hydrogens (tertiary/aromatic N) is 3. The van der Waals surface area contributed by atoms with E-state index in [2.05, 4.69) is 10.1 Å². The molecule has 0 N–H and O–H groups in total. The van der Waals surface area contributed by atoms with E-state index in [0.717, 1.165) is 16.9 Å². The van der Waals surface area contributed by atoms with Crippen molar-refractivity contribution in [2.75, 3.05) is 19.4 Å². The van der Waals surface area contributed by atoms with Crippen LogP contribution in [-0.2, 0) is 23.0 Å². The van der Waals surface area contributed by atoms with Gasteiger partial charge in [-0.25, -0.2) is 8.42 Å². The molecule has 148 valence electrons. The maximum Gasteiger partial charge on any atom is 0.242 e. The van der Waals surface area contributed by atoms with Crippen LogP contribution in [0.1, 0.15) is 18.4 Å². The Labute approximate surface area is 165 Å². The lowest BCUT2D eigenvalue weighted by atomic mass is 10.1. The first-order valence-electron chi connectivity index (χ1n) is 9.00. The van der Waals surface area contributed by atoms with E-state index < -0.39 is 10.0 Å². The van der Waals surface area contributed by atoms with E-state index in [0.29, 0.717) is 25.4 Å². The summed E-state index contributed by atoms with van der Waals surface area (Å²) in [5.74, 6) is 1.43. The van der Waals surface area contributed by atoms with Crippen LogP contribution in [0, 0.1) is 0 Å². The third-order valence-corrected chi connectivity index (χ3v) is 5.41. The van der Waals surface area contributed by atoms with Gasteiger partial charge in [-0.1, -0.05) is 35.5 Å². The number of aromatic nitrogens is 2. The highest BCUT2D eigenvalue weighted by Gasteiger charge is 2.20. The quantitative estimate of drug-likeness (QED) is 0.548. The van der Waals surface area contributed by atoms with E-state index >= 15 is 0 Å². The van der Waals surface area contributed by atoms with Crippen LogP contribution in [0.3, 0.4) is 0 Å². The van der Waals surface area contributed by atoms with Crippen LogP contribution in [0.4, 0.5) is 0 Å². The van der Waals surface area contributed by atoms with E-state index in [-0.39, 0.29) is 12.4 Å². The van der Waals surface area contributed by atoms with E-state index in [1.54, 1.807) is 0 Å². The molecule has 0 aliphatic carbocycles. The molecule has 0 bridgehead atoms. The van der Waals surface area contributed by atoms with Gasteiger partial charge in [0.2, 0.25) is 21.7 Å². The topological polar surface area (TPSA) is 85.5 Å². The molecule has 3 aromatic rings. The van der Waals surface area contributed by atoms with Gasteiger partial charge in [0.25, 0.3) is 0 Å². The van der Waals surface area contributed by atoms with Crippen molar-refractivity contribution in [1.82, 2.24) is 14.4 Å². The molecule has 0 spiro atoms. The Kier molecular flexibility index (Phi) is 6.43. The smallest absolute Gasteiger partial charge is 0.242 e. The number of hydrogen-bond acceptors (Lipinski definition) is 6. The van der Waals surface area contributed by atoms with E-state index in [4.69, 9.17) is 9.26 Å². The number of benzene rings is 2. The summed E-state index contributed by atoms with van der Waals surface area (Å²) in [6.07, 6.45) is 1.79. The fraction of sp³-hybridized carbons (Fsp3) is 0.300. The zero-order valence-corrected chi connectivity index (χ0v) is 16.7. The van der Waals surface area contributed by atoms with Crippen molar-refractivity contribution in [3.63, 3.8) is 0 Å². The van der Waals surface area contributed by atoms with Crippen LogP contribution in [0.5, 0.6) is 5.75 Å².